The zero-order valence-corrected chi connectivity index (χ0v) is 14.7. The van der Waals surface area contributed by atoms with E-state index in [4.69, 9.17) is 4.74 Å². The van der Waals surface area contributed by atoms with Crippen molar-refractivity contribution < 1.29 is 13.2 Å². The Kier molecular flexibility index (Phi) is 5.43. The zero-order chi connectivity index (χ0) is 17.0. The van der Waals surface area contributed by atoms with Crippen LogP contribution < -0.4 is 9.46 Å². The highest BCUT2D eigenvalue weighted by atomic mass is 32.2. The molecule has 0 saturated carbocycles. The lowest BCUT2D eigenvalue weighted by Gasteiger charge is -2.11. The van der Waals surface area contributed by atoms with Crippen molar-refractivity contribution in [3.05, 3.63) is 41.2 Å². The van der Waals surface area contributed by atoms with Gasteiger partial charge in [0, 0.05) is 6.54 Å². The van der Waals surface area contributed by atoms with Crippen LogP contribution in [-0.4, -0.2) is 31.8 Å². The minimum Gasteiger partial charge on any atom is -0.492 e. The number of hydrogen-bond donors (Lipinski definition) is 2. The molecule has 7 heteroatoms. The predicted octanol–water partition coefficient (Wildman–Crippen LogP) is 2.51. The predicted molar refractivity (Wildman–Crippen MR) is 89.3 cm³/mol. The number of aryl methyl sites for hydroxylation is 2. The van der Waals surface area contributed by atoms with E-state index in [1.54, 1.807) is 13.8 Å². The highest BCUT2D eigenvalue weighted by Crippen LogP contribution is 2.20. The molecule has 1 aromatic carbocycles. The van der Waals surface area contributed by atoms with Crippen molar-refractivity contribution in [1.29, 1.82) is 0 Å². The standard InChI is InChI=1S/C16H23N3O3S/c1-11(2)14-6-5-7-15(10-14)22-9-8-17-23(20,21)16-12(3)18-19-13(16)4/h5-7,10-11,17H,8-9H2,1-4H3,(H,18,19). The molecule has 2 rings (SSSR count). The summed E-state index contributed by atoms with van der Waals surface area (Å²) in [6.07, 6.45) is 0. The first kappa shape index (κ1) is 17.5. The number of ether oxygens (including phenoxy) is 1. The molecule has 2 N–H and O–H groups in total. The van der Waals surface area contributed by atoms with Gasteiger partial charge in [0.05, 0.1) is 11.4 Å². The summed E-state index contributed by atoms with van der Waals surface area (Å²) in [5.41, 5.74) is 2.17. The van der Waals surface area contributed by atoms with E-state index in [1.165, 1.54) is 5.56 Å². The number of nitrogens with zero attached hydrogens (tertiary/aromatic N) is 1. The van der Waals surface area contributed by atoms with Crippen LogP contribution in [0.2, 0.25) is 0 Å². The summed E-state index contributed by atoms with van der Waals surface area (Å²) in [4.78, 5) is 0.208. The summed E-state index contributed by atoms with van der Waals surface area (Å²) in [5, 5.41) is 6.58. The van der Waals surface area contributed by atoms with Gasteiger partial charge in [0.1, 0.15) is 17.3 Å². The molecule has 0 aliphatic rings. The Bertz CT molecular complexity index is 747. The summed E-state index contributed by atoms with van der Waals surface area (Å²) >= 11 is 0. The van der Waals surface area contributed by atoms with Crippen LogP contribution >= 0.6 is 0 Å². The Morgan fingerprint density at radius 3 is 2.65 bits per heavy atom. The Balaban J connectivity index is 1.92. The van der Waals surface area contributed by atoms with Gasteiger partial charge < -0.3 is 4.74 Å². The lowest BCUT2D eigenvalue weighted by atomic mass is 10.0. The number of rotatable bonds is 7. The normalized spacial score (nSPS) is 11.9. The largest absolute Gasteiger partial charge is 0.492 e. The molecule has 1 aromatic heterocycles. The van der Waals surface area contributed by atoms with E-state index in [9.17, 15) is 8.42 Å². The molecule has 6 nitrogen and oxygen atoms in total. The number of sulfonamides is 1. The fourth-order valence-electron chi connectivity index (χ4n) is 2.32. The van der Waals surface area contributed by atoms with Crippen LogP contribution in [0, 0.1) is 13.8 Å². The highest BCUT2D eigenvalue weighted by Gasteiger charge is 2.21. The van der Waals surface area contributed by atoms with Crippen molar-refractivity contribution in [2.75, 3.05) is 13.2 Å². The summed E-state index contributed by atoms with van der Waals surface area (Å²) in [7, 11) is -3.58. The molecular weight excluding hydrogens is 314 g/mol. The zero-order valence-electron chi connectivity index (χ0n) is 13.9. The van der Waals surface area contributed by atoms with Crippen LogP contribution in [-0.2, 0) is 10.0 Å². The highest BCUT2D eigenvalue weighted by molar-refractivity contribution is 7.89. The first-order chi connectivity index (χ1) is 10.8. The topological polar surface area (TPSA) is 84.1 Å². The maximum Gasteiger partial charge on any atom is 0.244 e. The molecule has 0 fully saturated rings. The molecule has 126 valence electrons. The molecule has 2 aromatic rings. The second-order valence-electron chi connectivity index (χ2n) is 5.74. The molecule has 0 amide bonds. The summed E-state index contributed by atoms with van der Waals surface area (Å²) in [6.45, 7) is 8.02. The molecular formula is C16H23N3O3S. The summed E-state index contributed by atoms with van der Waals surface area (Å²) in [5.74, 6) is 1.16. The van der Waals surface area contributed by atoms with Crippen LogP contribution in [0.3, 0.4) is 0 Å². The Hall–Kier alpha value is -1.86. The van der Waals surface area contributed by atoms with E-state index in [2.05, 4.69) is 28.8 Å². The SMILES string of the molecule is Cc1n[nH]c(C)c1S(=O)(=O)NCCOc1cccc(C(C)C)c1. The third-order valence-electron chi connectivity index (χ3n) is 3.52. The minimum atomic E-state index is -3.58. The van der Waals surface area contributed by atoms with Crippen molar-refractivity contribution in [3.63, 3.8) is 0 Å². The Labute approximate surface area is 137 Å². The molecule has 0 unspecified atom stereocenters. The van der Waals surface area contributed by atoms with Crippen molar-refractivity contribution in [1.82, 2.24) is 14.9 Å². The lowest BCUT2D eigenvalue weighted by molar-refractivity contribution is 0.322. The van der Waals surface area contributed by atoms with Gasteiger partial charge in [-0.3, -0.25) is 5.10 Å². The van der Waals surface area contributed by atoms with Gasteiger partial charge in [-0.15, -0.1) is 0 Å². The monoisotopic (exact) mass is 337 g/mol. The maximum atomic E-state index is 12.3. The third kappa shape index (κ3) is 4.33. The first-order valence-corrected chi connectivity index (χ1v) is 9.03. The maximum absolute atomic E-state index is 12.3. The van der Waals surface area contributed by atoms with Crippen LogP contribution in [0.1, 0.15) is 36.7 Å². The van der Waals surface area contributed by atoms with Crippen molar-refractivity contribution in [2.45, 2.75) is 38.5 Å². The molecule has 0 atom stereocenters. The number of benzene rings is 1. The number of hydrogen-bond acceptors (Lipinski definition) is 4. The number of nitrogens with one attached hydrogen (secondary N) is 2. The van der Waals surface area contributed by atoms with Gasteiger partial charge in [0.15, 0.2) is 0 Å². The molecule has 0 aliphatic heterocycles. The van der Waals surface area contributed by atoms with Gasteiger partial charge >= 0.3 is 0 Å². The van der Waals surface area contributed by atoms with Crippen LogP contribution in [0.5, 0.6) is 5.75 Å². The molecule has 0 aliphatic carbocycles. The Morgan fingerprint density at radius 1 is 1.30 bits per heavy atom. The average Bonchev–Trinajstić information content (AvgIpc) is 2.84. The summed E-state index contributed by atoms with van der Waals surface area (Å²) in [6, 6.07) is 7.83. The van der Waals surface area contributed by atoms with Gasteiger partial charge in [-0.05, 0) is 37.5 Å². The molecule has 0 spiro atoms. The average molecular weight is 337 g/mol. The molecule has 23 heavy (non-hydrogen) atoms. The van der Waals surface area contributed by atoms with Gasteiger partial charge in [0.2, 0.25) is 10.0 Å². The van der Waals surface area contributed by atoms with E-state index in [-0.39, 0.29) is 18.0 Å². The van der Waals surface area contributed by atoms with Gasteiger partial charge in [-0.2, -0.15) is 5.10 Å². The fraction of sp³-hybridized carbons (Fsp3) is 0.438. The second-order valence-corrected chi connectivity index (χ2v) is 7.44. The van der Waals surface area contributed by atoms with Crippen molar-refractivity contribution >= 4 is 10.0 Å². The van der Waals surface area contributed by atoms with Crippen LogP contribution in [0.15, 0.2) is 29.2 Å². The van der Waals surface area contributed by atoms with E-state index in [1.807, 2.05) is 24.3 Å². The lowest BCUT2D eigenvalue weighted by Crippen LogP contribution is -2.29. The molecule has 0 bridgehead atoms. The first-order valence-electron chi connectivity index (χ1n) is 7.55. The Morgan fingerprint density at radius 2 is 2.04 bits per heavy atom. The summed E-state index contributed by atoms with van der Waals surface area (Å²) < 4.78 is 32.7. The number of aromatic nitrogens is 2. The molecule has 1 heterocycles. The number of H-pyrrole nitrogens is 1. The second kappa shape index (κ2) is 7.14. The van der Waals surface area contributed by atoms with Crippen molar-refractivity contribution in [3.8, 4) is 5.75 Å². The van der Waals surface area contributed by atoms with Gasteiger partial charge in [0.25, 0.3) is 0 Å². The van der Waals surface area contributed by atoms with Gasteiger partial charge in [-0.25, -0.2) is 13.1 Å². The quantitative estimate of drug-likeness (QED) is 0.760. The molecule has 0 radical (unpaired) electrons. The third-order valence-corrected chi connectivity index (χ3v) is 5.24. The minimum absolute atomic E-state index is 0.193. The van der Waals surface area contributed by atoms with E-state index >= 15 is 0 Å². The van der Waals surface area contributed by atoms with Crippen LogP contribution in [0.4, 0.5) is 0 Å². The van der Waals surface area contributed by atoms with Gasteiger partial charge in [-0.1, -0.05) is 26.0 Å². The van der Waals surface area contributed by atoms with E-state index < -0.39 is 10.0 Å². The fourth-order valence-corrected chi connectivity index (χ4v) is 3.70. The van der Waals surface area contributed by atoms with Crippen LogP contribution in [0.25, 0.3) is 0 Å². The van der Waals surface area contributed by atoms with E-state index in [0.29, 0.717) is 17.3 Å². The number of aromatic amines is 1. The van der Waals surface area contributed by atoms with Crippen molar-refractivity contribution in [2.24, 2.45) is 0 Å². The molecule has 0 saturated heterocycles. The smallest absolute Gasteiger partial charge is 0.244 e. The van der Waals surface area contributed by atoms with E-state index in [0.717, 1.165) is 5.75 Å².